The fourth-order valence-electron chi connectivity index (χ4n) is 3.19. The first-order chi connectivity index (χ1) is 15.4. The molecule has 0 radical (unpaired) electrons. The van der Waals surface area contributed by atoms with E-state index < -0.39 is 5.97 Å². The Morgan fingerprint density at radius 3 is 2.50 bits per heavy atom. The van der Waals surface area contributed by atoms with E-state index >= 15 is 0 Å². The smallest absolute Gasteiger partial charge is 0.325 e. The molecule has 1 aromatic carbocycles. The summed E-state index contributed by atoms with van der Waals surface area (Å²) in [4.78, 5) is 44.2. The standard InChI is InChI=1S/C22H26IN5O4/c1-3-32-20(29)14-25-22(31)28-10-8-27(9-11-28)19-7-5-16(13-24-19)21(30)26-17-6-4-15(2)18(23)12-17/h4-7,12-13H,3,8-11,14H2,1-2H3,(H,25,31)(H,26,30). The number of nitrogens with one attached hydrogen (secondary N) is 2. The van der Waals surface area contributed by atoms with Crippen molar-refractivity contribution >= 4 is 52.0 Å². The van der Waals surface area contributed by atoms with E-state index in [-0.39, 0.29) is 25.1 Å². The molecule has 2 aromatic rings. The molecule has 0 unspecified atom stereocenters. The van der Waals surface area contributed by atoms with Crippen LogP contribution in [0.25, 0.3) is 0 Å². The number of esters is 1. The summed E-state index contributed by atoms with van der Waals surface area (Å²) in [6, 6.07) is 9.04. The summed E-state index contributed by atoms with van der Waals surface area (Å²) >= 11 is 2.24. The Balaban J connectivity index is 1.50. The Morgan fingerprint density at radius 2 is 1.88 bits per heavy atom. The molecule has 1 saturated heterocycles. The average Bonchev–Trinajstić information content (AvgIpc) is 2.80. The number of aryl methyl sites for hydroxylation is 1. The third-order valence-corrected chi connectivity index (χ3v) is 6.18. The quantitative estimate of drug-likeness (QED) is 0.423. The summed E-state index contributed by atoms with van der Waals surface area (Å²) < 4.78 is 5.89. The molecule has 10 heteroatoms. The number of anilines is 2. The Kier molecular flexibility index (Phi) is 8.26. The minimum absolute atomic E-state index is 0.139. The van der Waals surface area contributed by atoms with E-state index in [0.29, 0.717) is 31.7 Å². The van der Waals surface area contributed by atoms with Crippen LogP contribution >= 0.6 is 22.6 Å². The van der Waals surface area contributed by atoms with E-state index in [2.05, 4.69) is 43.1 Å². The van der Waals surface area contributed by atoms with Crippen LogP contribution in [0, 0.1) is 10.5 Å². The fraction of sp³-hybridized carbons (Fsp3) is 0.364. The van der Waals surface area contributed by atoms with Crippen LogP contribution in [0.1, 0.15) is 22.8 Å². The first kappa shape index (κ1) is 23.8. The van der Waals surface area contributed by atoms with Gasteiger partial charge < -0.3 is 25.2 Å². The van der Waals surface area contributed by atoms with Crippen LogP contribution in [0.4, 0.5) is 16.3 Å². The summed E-state index contributed by atoms with van der Waals surface area (Å²) in [6.07, 6.45) is 1.56. The molecule has 3 rings (SSSR count). The molecule has 32 heavy (non-hydrogen) atoms. The predicted molar refractivity (Wildman–Crippen MR) is 130 cm³/mol. The van der Waals surface area contributed by atoms with E-state index in [9.17, 15) is 14.4 Å². The number of pyridine rings is 1. The monoisotopic (exact) mass is 551 g/mol. The van der Waals surface area contributed by atoms with Crippen molar-refractivity contribution in [2.75, 3.05) is 49.5 Å². The number of hydrogen-bond donors (Lipinski definition) is 2. The molecule has 9 nitrogen and oxygen atoms in total. The molecule has 170 valence electrons. The van der Waals surface area contributed by atoms with Crippen LogP contribution in [0.5, 0.6) is 0 Å². The van der Waals surface area contributed by atoms with Crippen molar-refractivity contribution in [1.29, 1.82) is 0 Å². The maximum Gasteiger partial charge on any atom is 0.325 e. The number of carbonyl (C=O) groups excluding carboxylic acids is 3. The van der Waals surface area contributed by atoms with Crippen LogP contribution < -0.4 is 15.5 Å². The molecule has 2 N–H and O–H groups in total. The number of piperazine rings is 1. The lowest BCUT2D eigenvalue weighted by molar-refractivity contribution is -0.141. The van der Waals surface area contributed by atoms with E-state index in [1.807, 2.05) is 31.2 Å². The molecular formula is C22H26IN5O4. The lowest BCUT2D eigenvalue weighted by atomic mass is 10.2. The molecule has 0 saturated carbocycles. The number of rotatable bonds is 6. The van der Waals surface area contributed by atoms with Gasteiger partial charge in [0.1, 0.15) is 12.4 Å². The average molecular weight is 551 g/mol. The Hall–Kier alpha value is -2.89. The first-order valence-electron chi connectivity index (χ1n) is 10.3. The topological polar surface area (TPSA) is 104 Å². The molecule has 1 aliphatic rings. The Morgan fingerprint density at radius 1 is 1.12 bits per heavy atom. The maximum atomic E-state index is 12.5. The zero-order chi connectivity index (χ0) is 23.1. The van der Waals surface area contributed by atoms with Gasteiger partial charge in [0, 0.05) is 41.6 Å². The normalized spacial score (nSPS) is 13.5. The van der Waals surface area contributed by atoms with E-state index in [1.165, 1.54) is 0 Å². The van der Waals surface area contributed by atoms with Crippen molar-refractivity contribution < 1.29 is 19.1 Å². The molecule has 0 spiro atoms. The summed E-state index contributed by atoms with van der Waals surface area (Å²) in [5, 5.41) is 5.46. The first-order valence-corrected chi connectivity index (χ1v) is 11.4. The third kappa shape index (κ3) is 6.31. The molecule has 0 bridgehead atoms. The van der Waals surface area contributed by atoms with Crippen LogP contribution in [-0.4, -0.2) is 67.1 Å². The minimum atomic E-state index is -0.454. The summed E-state index contributed by atoms with van der Waals surface area (Å²) in [6.45, 7) is 6.10. The number of carbonyl (C=O) groups is 3. The minimum Gasteiger partial charge on any atom is -0.465 e. The number of halogens is 1. The lowest BCUT2D eigenvalue weighted by Gasteiger charge is -2.35. The van der Waals surface area contributed by atoms with Crippen molar-refractivity contribution in [1.82, 2.24) is 15.2 Å². The molecule has 1 fully saturated rings. The van der Waals surface area contributed by atoms with Gasteiger partial charge in [0.25, 0.3) is 5.91 Å². The molecule has 1 aliphatic heterocycles. The second-order valence-electron chi connectivity index (χ2n) is 7.26. The molecule has 2 heterocycles. The summed E-state index contributed by atoms with van der Waals surface area (Å²) in [5.41, 5.74) is 2.37. The van der Waals surface area contributed by atoms with Gasteiger partial charge >= 0.3 is 12.0 Å². The van der Waals surface area contributed by atoms with Gasteiger partial charge in [-0.05, 0) is 66.3 Å². The van der Waals surface area contributed by atoms with Crippen LogP contribution in [0.15, 0.2) is 36.5 Å². The second-order valence-corrected chi connectivity index (χ2v) is 8.42. The van der Waals surface area contributed by atoms with Crippen molar-refractivity contribution in [2.24, 2.45) is 0 Å². The van der Waals surface area contributed by atoms with Gasteiger partial charge in [-0.3, -0.25) is 9.59 Å². The highest BCUT2D eigenvalue weighted by Gasteiger charge is 2.22. The third-order valence-electron chi connectivity index (χ3n) is 5.02. The summed E-state index contributed by atoms with van der Waals surface area (Å²) in [5.74, 6) is 0.0785. The molecule has 3 amide bonds. The molecule has 0 atom stereocenters. The highest BCUT2D eigenvalue weighted by atomic mass is 127. The number of benzene rings is 1. The van der Waals surface area contributed by atoms with Crippen molar-refractivity contribution in [2.45, 2.75) is 13.8 Å². The number of hydrogen-bond acceptors (Lipinski definition) is 6. The zero-order valence-electron chi connectivity index (χ0n) is 18.1. The maximum absolute atomic E-state index is 12.5. The predicted octanol–water partition coefficient (Wildman–Crippen LogP) is 2.64. The van der Waals surface area contributed by atoms with Gasteiger partial charge in [-0.25, -0.2) is 9.78 Å². The van der Waals surface area contributed by atoms with Gasteiger partial charge in [0.05, 0.1) is 12.2 Å². The SMILES string of the molecule is CCOC(=O)CNC(=O)N1CCN(c2ccc(C(=O)Nc3ccc(C)c(I)c3)cn2)CC1. The largest absolute Gasteiger partial charge is 0.465 e. The number of urea groups is 1. The van der Waals surface area contributed by atoms with E-state index in [1.54, 1.807) is 24.1 Å². The van der Waals surface area contributed by atoms with Crippen LogP contribution in [0.3, 0.4) is 0 Å². The summed E-state index contributed by atoms with van der Waals surface area (Å²) in [7, 11) is 0. The van der Waals surface area contributed by atoms with Gasteiger partial charge in [-0.15, -0.1) is 0 Å². The molecular weight excluding hydrogens is 525 g/mol. The Labute approximate surface area is 200 Å². The zero-order valence-corrected chi connectivity index (χ0v) is 20.2. The van der Waals surface area contributed by atoms with Gasteiger partial charge in [0.2, 0.25) is 0 Å². The highest BCUT2D eigenvalue weighted by molar-refractivity contribution is 14.1. The van der Waals surface area contributed by atoms with Gasteiger partial charge in [-0.1, -0.05) is 6.07 Å². The fourth-order valence-corrected chi connectivity index (χ4v) is 3.71. The number of nitrogens with zero attached hydrogens (tertiary/aromatic N) is 3. The van der Waals surface area contributed by atoms with Crippen molar-refractivity contribution in [3.05, 3.63) is 51.2 Å². The number of amides is 3. The lowest BCUT2D eigenvalue weighted by Crippen LogP contribution is -2.52. The van der Waals surface area contributed by atoms with Crippen LogP contribution in [-0.2, 0) is 9.53 Å². The van der Waals surface area contributed by atoms with Gasteiger partial charge in [0.15, 0.2) is 0 Å². The van der Waals surface area contributed by atoms with Crippen molar-refractivity contribution in [3.63, 3.8) is 0 Å². The van der Waals surface area contributed by atoms with E-state index in [4.69, 9.17) is 4.74 Å². The Bertz CT molecular complexity index is 975. The number of ether oxygens (including phenoxy) is 1. The van der Waals surface area contributed by atoms with E-state index in [0.717, 1.165) is 20.6 Å². The van der Waals surface area contributed by atoms with Crippen molar-refractivity contribution in [3.8, 4) is 0 Å². The second kappa shape index (κ2) is 11.1. The molecule has 1 aromatic heterocycles. The molecule has 0 aliphatic carbocycles. The van der Waals surface area contributed by atoms with Gasteiger partial charge in [-0.2, -0.15) is 0 Å². The highest BCUT2D eigenvalue weighted by Crippen LogP contribution is 2.19. The van der Waals surface area contributed by atoms with Crippen LogP contribution in [0.2, 0.25) is 0 Å². The number of aromatic nitrogens is 1.